The summed E-state index contributed by atoms with van der Waals surface area (Å²) in [6, 6.07) is 18.8. The lowest BCUT2D eigenvalue weighted by atomic mass is 9.80. The highest BCUT2D eigenvalue weighted by atomic mass is 19.1. The second kappa shape index (κ2) is 9.51. The Balaban J connectivity index is 1.20. The van der Waals surface area contributed by atoms with Gasteiger partial charge in [-0.25, -0.2) is 4.39 Å². The van der Waals surface area contributed by atoms with Gasteiger partial charge in [0.05, 0.1) is 11.5 Å². The normalized spacial score (nSPS) is 20.0. The SMILES string of the molecule is Cc1cc(-c2nc(-c3ccc4c(c3)CCC4N[C@H]3C[C@H](C(=O)O)C3)no2)ccc1-c1cccc(F)c1C#N. The first-order valence-electron chi connectivity index (χ1n) is 12.7. The molecule has 38 heavy (non-hydrogen) atoms. The first-order chi connectivity index (χ1) is 18.4. The molecule has 8 heteroatoms. The van der Waals surface area contributed by atoms with E-state index in [2.05, 4.69) is 27.6 Å². The monoisotopic (exact) mass is 508 g/mol. The van der Waals surface area contributed by atoms with Crippen LogP contribution in [0.3, 0.4) is 0 Å². The van der Waals surface area contributed by atoms with Gasteiger partial charge in [-0.3, -0.25) is 4.79 Å². The summed E-state index contributed by atoms with van der Waals surface area (Å²) < 4.78 is 19.7. The van der Waals surface area contributed by atoms with Gasteiger partial charge in [0, 0.05) is 28.8 Å². The van der Waals surface area contributed by atoms with Gasteiger partial charge in [-0.05, 0) is 79.1 Å². The van der Waals surface area contributed by atoms with Crippen LogP contribution in [-0.4, -0.2) is 27.3 Å². The van der Waals surface area contributed by atoms with Gasteiger partial charge in [-0.1, -0.05) is 35.5 Å². The second-order valence-corrected chi connectivity index (χ2v) is 10.1. The number of halogens is 1. The number of hydrogen-bond donors (Lipinski definition) is 2. The molecular formula is C30H25FN4O3. The molecule has 0 aliphatic heterocycles. The second-order valence-electron chi connectivity index (χ2n) is 10.1. The maximum Gasteiger partial charge on any atom is 0.306 e. The summed E-state index contributed by atoms with van der Waals surface area (Å²) in [6.45, 7) is 1.90. The number of carbonyl (C=O) groups is 1. The molecule has 0 spiro atoms. The highest BCUT2D eigenvalue weighted by Gasteiger charge is 2.36. The quantitative estimate of drug-likeness (QED) is 0.337. The van der Waals surface area contributed by atoms with Gasteiger partial charge in [0.25, 0.3) is 5.89 Å². The summed E-state index contributed by atoms with van der Waals surface area (Å²) in [5.74, 6) is -0.584. The summed E-state index contributed by atoms with van der Waals surface area (Å²) in [5, 5.41) is 26.3. The van der Waals surface area contributed by atoms with Crippen molar-refractivity contribution in [3.8, 4) is 40.0 Å². The van der Waals surface area contributed by atoms with Gasteiger partial charge in [-0.15, -0.1) is 0 Å². The molecule has 2 aliphatic rings. The molecule has 4 aromatic rings. The zero-order chi connectivity index (χ0) is 26.4. The van der Waals surface area contributed by atoms with Crippen molar-refractivity contribution in [3.05, 3.63) is 82.7 Å². The molecule has 1 atom stereocenters. The number of fused-ring (bicyclic) bond motifs is 1. The van der Waals surface area contributed by atoms with Crippen molar-refractivity contribution in [1.29, 1.82) is 5.26 Å². The number of aromatic nitrogens is 2. The van der Waals surface area contributed by atoms with Crippen molar-refractivity contribution in [2.45, 2.75) is 44.7 Å². The van der Waals surface area contributed by atoms with Crippen molar-refractivity contribution in [2.75, 3.05) is 0 Å². The van der Waals surface area contributed by atoms with Gasteiger partial charge >= 0.3 is 5.97 Å². The molecule has 0 bridgehead atoms. The van der Waals surface area contributed by atoms with Crippen LogP contribution >= 0.6 is 0 Å². The van der Waals surface area contributed by atoms with Crippen LogP contribution < -0.4 is 5.32 Å². The van der Waals surface area contributed by atoms with E-state index in [9.17, 15) is 14.4 Å². The molecule has 1 unspecified atom stereocenters. The van der Waals surface area contributed by atoms with Gasteiger partial charge in [0.1, 0.15) is 11.9 Å². The number of nitriles is 1. The number of benzene rings is 3. The summed E-state index contributed by atoms with van der Waals surface area (Å²) in [5.41, 5.74) is 6.31. The van der Waals surface area contributed by atoms with Crippen molar-refractivity contribution in [2.24, 2.45) is 5.92 Å². The third-order valence-electron chi connectivity index (χ3n) is 7.72. The molecule has 190 valence electrons. The molecule has 2 aliphatic carbocycles. The Hall–Kier alpha value is -4.35. The first kappa shape index (κ1) is 24.0. The molecular weight excluding hydrogens is 483 g/mol. The van der Waals surface area contributed by atoms with Crippen LogP contribution in [0.5, 0.6) is 0 Å². The molecule has 0 radical (unpaired) electrons. The van der Waals surface area contributed by atoms with E-state index in [-0.39, 0.29) is 23.6 Å². The van der Waals surface area contributed by atoms with Gasteiger partial charge in [0.15, 0.2) is 0 Å². The van der Waals surface area contributed by atoms with Crippen molar-refractivity contribution in [1.82, 2.24) is 15.5 Å². The highest BCUT2D eigenvalue weighted by molar-refractivity contribution is 5.76. The predicted octanol–water partition coefficient (Wildman–Crippen LogP) is 5.83. The van der Waals surface area contributed by atoms with E-state index in [1.807, 2.05) is 37.3 Å². The summed E-state index contributed by atoms with van der Waals surface area (Å²) in [6.07, 6.45) is 3.29. The summed E-state index contributed by atoms with van der Waals surface area (Å²) >= 11 is 0. The van der Waals surface area contributed by atoms with E-state index in [1.165, 1.54) is 17.2 Å². The minimum Gasteiger partial charge on any atom is -0.481 e. The Kier molecular flexibility index (Phi) is 6.01. The Bertz CT molecular complexity index is 1600. The van der Waals surface area contributed by atoms with Crippen LogP contribution in [0, 0.1) is 30.0 Å². The fourth-order valence-electron chi connectivity index (χ4n) is 5.59. The number of nitrogens with zero attached hydrogens (tertiary/aromatic N) is 3. The Labute approximate surface area is 218 Å². The number of hydrogen-bond acceptors (Lipinski definition) is 6. The minimum atomic E-state index is -0.704. The van der Waals surface area contributed by atoms with Gasteiger partial charge in [-0.2, -0.15) is 10.2 Å². The lowest BCUT2D eigenvalue weighted by Crippen LogP contribution is -2.45. The number of rotatable bonds is 6. The lowest BCUT2D eigenvalue weighted by Gasteiger charge is -2.35. The van der Waals surface area contributed by atoms with E-state index in [1.54, 1.807) is 12.1 Å². The standard InChI is InChI=1S/C30H25FN4O3/c1-16-11-19(6-8-22(16)24-3-2-4-26(31)25(24)15-32)29-34-28(35-38-29)18-5-9-23-17(12-18)7-10-27(23)33-21-13-20(14-21)30(36)37/h2-6,8-9,11-12,20-21,27,33H,7,10,13-14H2,1H3,(H,36,37)/t20-,21-,27?. The average Bonchev–Trinajstić information content (AvgIpc) is 3.53. The van der Waals surface area contributed by atoms with Crippen molar-refractivity contribution in [3.63, 3.8) is 0 Å². The highest BCUT2D eigenvalue weighted by Crippen LogP contribution is 2.37. The van der Waals surface area contributed by atoms with E-state index in [4.69, 9.17) is 9.63 Å². The molecule has 7 nitrogen and oxygen atoms in total. The fraction of sp³-hybridized carbons (Fsp3) is 0.267. The molecule has 1 aromatic heterocycles. The van der Waals surface area contributed by atoms with E-state index < -0.39 is 11.8 Å². The number of aliphatic carboxylic acids is 1. The predicted molar refractivity (Wildman–Crippen MR) is 138 cm³/mol. The van der Waals surface area contributed by atoms with Crippen molar-refractivity contribution < 1.29 is 18.8 Å². The minimum absolute atomic E-state index is 0.0228. The number of aryl methyl sites for hydroxylation is 2. The maximum atomic E-state index is 14.1. The average molecular weight is 509 g/mol. The molecule has 0 amide bonds. The van der Waals surface area contributed by atoms with Crippen LogP contribution in [-0.2, 0) is 11.2 Å². The van der Waals surface area contributed by atoms with Crippen molar-refractivity contribution >= 4 is 5.97 Å². The Morgan fingerprint density at radius 1 is 1.13 bits per heavy atom. The molecule has 1 fully saturated rings. The molecule has 1 saturated carbocycles. The fourth-order valence-corrected chi connectivity index (χ4v) is 5.59. The molecule has 2 N–H and O–H groups in total. The Morgan fingerprint density at radius 2 is 1.95 bits per heavy atom. The molecule has 0 saturated heterocycles. The third kappa shape index (κ3) is 4.25. The van der Waals surface area contributed by atoms with Gasteiger partial charge in [0.2, 0.25) is 5.82 Å². The smallest absolute Gasteiger partial charge is 0.306 e. The van der Waals surface area contributed by atoms with Crippen LogP contribution in [0.2, 0.25) is 0 Å². The largest absolute Gasteiger partial charge is 0.481 e. The van der Waals surface area contributed by atoms with E-state index in [0.717, 1.165) is 35.1 Å². The topological polar surface area (TPSA) is 112 Å². The van der Waals surface area contributed by atoms with Crippen LogP contribution in [0.1, 0.15) is 47.6 Å². The van der Waals surface area contributed by atoms with E-state index >= 15 is 0 Å². The molecule has 6 rings (SSSR count). The molecule has 3 aromatic carbocycles. The lowest BCUT2D eigenvalue weighted by molar-refractivity contribution is -0.145. The first-order valence-corrected chi connectivity index (χ1v) is 12.7. The number of carboxylic acid groups (broad SMARTS) is 1. The summed E-state index contributed by atoms with van der Waals surface area (Å²) in [4.78, 5) is 15.7. The van der Waals surface area contributed by atoms with Crippen LogP contribution in [0.15, 0.2) is 59.1 Å². The number of carboxylic acids is 1. The van der Waals surface area contributed by atoms with E-state index in [0.29, 0.717) is 30.1 Å². The zero-order valence-corrected chi connectivity index (χ0v) is 20.7. The van der Waals surface area contributed by atoms with Gasteiger partial charge < -0.3 is 14.9 Å². The zero-order valence-electron chi connectivity index (χ0n) is 20.7. The Morgan fingerprint density at radius 3 is 2.71 bits per heavy atom. The summed E-state index contributed by atoms with van der Waals surface area (Å²) in [7, 11) is 0. The third-order valence-corrected chi connectivity index (χ3v) is 7.72. The maximum absolute atomic E-state index is 14.1. The number of nitrogens with one attached hydrogen (secondary N) is 1. The van der Waals surface area contributed by atoms with Crippen LogP contribution in [0.25, 0.3) is 34.0 Å². The molecule has 1 heterocycles. The van der Waals surface area contributed by atoms with Crippen LogP contribution in [0.4, 0.5) is 4.39 Å².